The second-order valence-corrected chi connectivity index (χ2v) is 5.08. The Morgan fingerprint density at radius 2 is 1.95 bits per heavy atom. The van der Waals surface area contributed by atoms with Crippen molar-refractivity contribution < 1.29 is 14.3 Å². The normalized spacial score (nSPS) is 10.7. The number of hydrogen-bond acceptors (Lipinski definition) is 4. The van der Waals surface area contributed by atoms with Gasteiger partial charge in [0.15, 0.2) is 0 Å². The van der Waals surface area contributed by atoms with Gasteiger partial charge in [0.1, 0.15) is 5.75 Å². The van der Waals surface area contributed by atoms with Crippen LogP contribution in [0.2, 0.25) is 0 Å². The lowest BCUT2D eigenvalue weighted by Crippen LogP contribution is -2.24. The Balaban J connectivity index is 2.17. The third kappa shape index (κ3) is 6.06. The van der Waals surface area contributed by atoms with Crippen LogP contribution in [-0.2, 0) is 9.53 Å². The van der Waals surface area contributed by atoms with Gasteiger partial charge in [0, 0.05) is 13.1 Å². The summed E-state index contributed by atoms with van der Waals surface area (Å²) in [5.74, 6) is 0.758. The second-order valence-electron chi connectivity index (χ2n) is 5.08. The van der Waals surface area contributed by atoms with Crippen molar-refractivity contribution in [3.8, 4) is 5.75 Å². The van der Waals surface area contributed by atoms with E-state index in [9.17, 15) is 4.79 Å². The number of hydrogen-bond donors (Lipinski definition) is 0. The average Bonchev–Trinajstić information content (AvgIpc) is 2.44. The SMILES string of the molecule is COC(=O)CCN(C)CCCOc1ccc(C)c(C)c1. The molecule has 4 heteroatoms. The molecule has 0 atom stereocenters. The van der Waals surface area contributed by atoms with E-state index in [-0.39, 0.29) is 5.97 Å². The summed E-state index contributed by atoms with van der Waals surface area (Å²) < 4.78 is 10.3. The molecule has 0 aromatic heterocycles. The first-order valence-electron chi connectivity index (χ1n) is 6.98. The van der Waals surface area contributed by atoms with Crippen molar-refractivity contribution >= 4 is 5.97 Å². The minimum absolute atomic E-state index is 0.164. The molecule has 1 aromatic rings. The highest BCUT2D eigenvalue weighted by Gasteiger charge is 2.04. The molecule has 0 spiro atoms. The number of nitrogens with zero attached hydrogens (tertiary/aromatic N) is 1. The first-order chi connectivity index (χ1) is 9.52. The highest BCUT2D eigenvalue weighted by atomic mass is 16.5. The molecule has 0 unspecified atom stereocenters. The van der Waals surface area contributed by atoms with Gasteiger partial charge in [-0.1, -0.05) is 6.07 Å². The summed E-state index contributed by atoms with van der Waals surface area (Å²) in [7, 11) is 3.42. The van der Waals surface area contributed by atoms with E-state index >= 15 is 0 Å². The minimum Gasteiger partial charge on any atom is -0.494 e. The molecule has 1 aromatic carbocycles. The van der Waals surface area contributed by atoms with E-state index in [1.54, 1.807) is 0 Å². The van der Waals surface area contributed by atoms with Gasteiger partial charge in [-0.3, -0.25) is 4.79 Å². The van der Waals surface area contributed by atoms with E-state index in [2.05, 4.69) is 35.6 Å². The molecular formula is C16H25NO3. The van der Waals surface area contributed by atoms with Crippen LogP contribution in [0.25, 0.3) is 0 Å². The molecule has 0 amide bonds. The summed E-state index contributed by atoms with van der Waals surface area (Å²) in [5.41, 5.74) is 2.53. The third-order valence-electron chi connectivity index (χ3n) is 3.36. The molecule has 0 aliphatic rings. The second kappa shape index (κ2) is 8.59. The molecule has 0 saturated heterocycles. The monoisotopic (exact) mass is 279 g/mol. The van der Waals surface area contributed by atoms with Crippen molar-refractivity contribution in [2.45, 2.75) is 26.7 Å². The number of aryl methyl sites for hydroxylation is 2. The summed E-state index contributed by atoms with van der Waals surface area (Å²) in [6.45, 7) is 6.49. The number of esters is 1. The quantitative estimate of drug-likeness (QED) is 0.541. The lowest BCUT2D eigenvalue weighted by Gasteiger charge is -2.16. The molecule has 0 aliphatic carbocycles. The number of benzene rings is 1. The molecule has 0 aliphatic heterocycles. The standard InChI is InChI=1S/C16H25NO3/c1-13-6-7-15(12-14(13)2)20-11-5-9-17(3)10-8-16(18)19-4/h6-7,12H,5,8-11H2,1-4H3. The summed E-state index contributed by atoms with van der Waals surface area (Å²) >= 11 is 0. The van der Waals surface area contributed by atoms with Gasteiger partial charge in [0.05, 0.1) is 20.1 Å². The fourth-order valence-electron chi connectivity index (χ4n) is 1.82. The van der Waals surface area contributed by atoms with Crippen LogP contribution in [0, 0.1) is 13.8 Å². The summed E-state index contributed by atoms with van der Waals surface area (Å²) in [4.78, 5) is 13.1. The first kappa shape index (κ1) is 16.5. The molecule has 0 radical (unpaired) electrons. The van der Waals surface area contributed by atoms with Crippen molar-refractivity contribution in [2.75, 3.05) is 33.9 Å². The van der Waals surface area contributed by atoms with E-state index in [1.165, 1.54) is 18.2 Å². The van der Waals surface area contributed by atoms with Gasteiger partial charge in [-0.2, -0.15) is 0 Å². The maximum Gasteiger partial charge on any atom is 0.306 e. The zero-order chi connectivity index (χ0) is 15.0. The van der Waals surface area contributed by atoms with E-state index in [1.807, 2.05) is 13.1 Å². The van der Waals surface area contributed by atoms with Gasteiger partial charge in [-0.25, -0.2) is 0 Å². The molecule has 20 heavy (non-hydrogen) atoms. The van der Waals surface area contributed by atoms with Crippen LogP contribution in [-0.4, -0.2) is 44.7 Å². The van der Waals surface area contributed by atoms with Crippen molar-refractivity contribution in [2.24, 2.45) is 0 Å². The molecule has 0 bridgehead atoms. The number of rotatable bonds is 8. The summed E-state index contributed by atoms with van der Waals surface area (Å²) in [5, 5.41) is 0. The van der Waals surface area contributed by atoms with Crippen LogP contribution >= 0.6 is 0 Å². The van der Waals surface area contributed by atoms with Crippen molar-refractivity contribution in [3.05, 3.63) is 29.3 Å². The van der Waals surface area contributed by atoms with E-state index in [0.717, 1.165) is 25.3 Å². The topological polar surface area (TPSA) is 38.8 Å². The highest BCUT2D eigenvalue weighted by Crippen LogP contribution is 2.16. The summed E-state index contributed by atoms with van der Waals surface area (Å²) in [6, 6.07) is 6.15. The van der Waals surface area contributed by atoms with Crippen molar-refractivity contribution in [1.82, 2.24) is 4.90 Å². The predicted octanol–water partition coefficient (Wildman–Crippen LogP) is 2.57. The molecule has 1 rings (SSSR count). The Morgan fingerprint density at radius 1 is 1.20 bits per heavy atom. The molecule has 0 heterocycles. The van der Waals surface area contributed by atoms with Crippen LogP contribution in [0.15, 0.2) is 18.2 Å². The lowest BCUT2D eigenvalue weighted by molar-refractivity contribution is -0.140. The maximum atomic E-state index is 11.0. The first-order valence-corrected chi connectivity index (χ1v) is 6.98. The molecule has 112 valence electrons. The van der Waals surface area contributed by atoms with E-state index in [4.69, 9.17) is 4.74 Å². The molecule has 0 fully saturated rings. The Hall–Kier alpha value is -1.55. The van der Waals surface area contributed by atoms with Crippen LogP contribution in [0.5, 0.6) is 5.75 Å². The van der Waals surface area contributed by atoms with Gasteiger partial charge < -0.3 is 14.4 Å². The lowest BCUT2D eigenvalue weighted by atomic mass is 10.1. The fourth-order valence-corrected chi connectivity index (χ4v) is 1.82. The number of ether oxygens (including phenoxy) is 2. The fraction of sp³-hybridized carbons (Fsp3) is 0.562. The molecule has 0 saturated carbocycles. The largest absolute Gasteiger partial charge is 0.494 e. The van der Waals surface area contributed by atoms with Crippen molar-refractivity contribution in [1.29, 1.82) is 0 Å². The van der Waals surface area contributed by atoms with Gasteiger partial charge in [0.2, 0.25) is 0 Å². The summed E-state index contributed by atoms with van der Waals surface area (Å²) in [6.07, 6.45) is 1.37. The van der Waals surface area contributed by atoms with Crippen LogP contribution < -0.4 is 4.74 Å². The van der Waals surface area contributed by atoms with Gasteiger partial charge in [0.25, 0.3) is 0 Å². The molecule has 0 N–H and O–H groups in total. The average molecular weight is 279 g/mol. The number of carbonyl (C=O) groups is 1. The Labute approximate surface area is 121 Å². The van der Waals surface area contributed by atoms with Crippen LogP contribution in [0.1, 0.15) is 24.0 Å². The molecular weight excluding hydrogens is 254 g/mol. The van der Waals surface area contributed by atoms with E-state index in [0.29, 0.717) is 13.0 Å². The van der Waals surface area contributed by atoms with Crippen LogP contribution in [0.4, 0.5) is 0 Å². The van der Waals surface area contributed by atoms with E-state index < -0.39 is 0 Å². The number of methoxy groups -OCH3 is 1. The van der Waals surface area contributed by atoms with Crippen molar-refractivity contribution in [3.63, 3.8) is 0 Å². The van der Waals surface area contributed by atoms with Gasteiger partial charge in [-0.15, -0.1) is 0 Å². The third-order valence-corrected chi connectivity index (χ3v) is 3.36. The predicted molar refractivity (Wildman–Crippen MR) is 80.2 cm³/mol. The minimum atomic E-state index is -0.164. The Morgan fingerprint density at radius 3 is 2.60 bits per heavy atom. The zero-order valence-electron chi connectivity index (χ0n) is 12.9. The molecule has 4 nitrogen and oxygen atoms in total. The van der Waals surface area contributed by atoms with Gasteiger partial charge in [-0.05, 0) is 50.6 Å². The Bertz CT molecular complexity index is 432. The number of carbonyl (C=O) groups excluding carboxylic acids is 1. The van der Waals surface area contributed by atoms with Gasteiger partial charge >= 0.3 is 5.97 Å². The zero-order valence-corrected chi connectivity index (χ0v) is 12.9. The highest BCUT2D eigenvalue weighted by molar-refractivity contribution is 5.69. The maximum absolute atomic E-state index is 11.0. The smallest absolute Gasteiger partial charge is 0.306 e. The van der Waals surface area contributed by atoms with Crippen LogP contribution in [0.3, 0.4) is 0 Å². The Kier molecular flexibility index (Phi) is 7.09.